The number of thioether (sulfide) groups is 2. The summed E-state index contributed by atoms with van der Waals surface area (Å²) in [6, 6.07) is 2.13. The molecule has 90 valence electrons. The van der Waals surface area contributed by atoms with Crippen molar-refractivity contribution in [3.63, 3.8) is 0 Å². The van der Waals surface area contributed by atoms with Gasteiger partial charge in [0, 0.05) is 26.9 Å². The SMILES string of the molecule is CCC1SCCSC1C(O)c1csc(C)c1. The van der Waals surface area contributed by atoms with Crippen LogP contribution in [-0.4, -0.2) is 27.1 Å². The highest BCUT2D eigenvalue weighted by Crippen LogP contribution is 2.40. The fourth-order valence-electron chi connectivity index (χ4n) is 2.04. The second-order valence-electron chi connectivity index (χ2n) is 4.09. The summed E-state index contributed by atoms with van der Waals surface area (Å²) in [4.78, 5) is 1.29. The lowest BCUT2D eigenvalue weighted by Gasteiger charge is -2.33. The standard InChI is InChI=1S/C12H18OS3/c1-3-10-12(15-5-4-14-10)11(13)9-6-8(2)16-7-9/h6-7,10-13H,3-5H2,1-2H3. The van der Waals surface area contributed by atoms with Gasteiger partial charge in [0.25, 0.3) is 0 Å². The Kier molecular flexibility index (Phi) is 4.65. The van der Waals surface area contributed by atoms with Crippen molar-refractivity contribution >= 4 is 34.9 Å². The number of rotatable bonds is 3. The molecule has 1 aromatic heterocycles. The van der Waals surface area contributed by atoms with Crippen LogP contribution in [0.2, 0.25) is 0 Å². The normalized spacial score (nSPS) is 27.9. The van der Waals surface area contributed by atoms with Gasteiger partial charge in [0.1, 0.15) is 0 Å². The van der Waals surface area contributed by atoms with Crippen molar-refractivity contribution in [2.45, 2.75) is 36.9 Å². The molecule has 4 heteroatoms. The van der Waals surface area contributed by atoms with Crippen LogP contribution in [0.15, 0.2) is 11.4 Å². The maximum atomic E-state index is 10.4. The van der Waals surface area contributed by atoms with Crippen molar-refractivity contribution in [3.05, 3.63) is 21.9 Å². The van der Waals surface area contributed by atoms with E-state index in [1.54, 1.807) is 11.3 Å². The molecule has 1 N–H and O–H groups in total. The van der Waals surface area contributed by atoms with Crippen molar-refractivity contribution in [3.8, 4) is 0 Å². The van der Waals surface area contributed by atoms with Crippen LogP contribution >= 0.6 is 34.9 Å². The van der Waals surface area contributed by atoms with Gasteiger partial charge in [0.15, 0.2) is 0 Å². The summed E-state index contributed by atoms with van der Waals surface area (Å²) in [5, 5.41) is 13.5. The van der Waals surface area contributed by atoms with Crippen LogP contribution in [0.1, 0.15) is 29.9 Å². The van der Waals surface area contributed by atoms with E-state index in [-0.39, 0.29) is 6.10 Å². The topological polar surface area (TPSA) is 20.2 Å². The summed E-state index contributed by atoms with van der Waals surface area (Å²) in [6.45, 7) is 4.32. The zero-order valence-electron chi connectivity index (χ0n) is 9.68. The number of hydrogen-bond acceptors (Lipinski definition) is 4. The minimum atomic E-state index is -0.285. The Bertz CT molecular complexity index is 337. The Morgan fingerprint density at radius 3 is 2.81 bits per heavy atom. The number of aliphatic hydroxyl groups is 1. The van der Waals surface area contributed by atoms with Gasteiger partial charge in [-0.1, -0.05) is 6.92 Å². The molecule has 1 aliphatic rings. The predicted octanol–water partition coefficient (Wildman–Crippen LogP) is 3.72. The van der Waals surface area contributed by atoms with Gasteiger partial charge in [-0.3, -0.25) is 0 Å². The van der Waals surface area contributed by atoms with Crippen LogP contribution in [0.3, 0.4) is 0 Å². The number of aryl methyl sites for hydroxylation is 1. The first kappa shape index (κ1) is 12.8. The van der Waals surface area contributed by atoms with Gasteiger partial charge >= 0.3 is 0 Å². The Balaban J connectivity index is 2.10. The second kappa shape index (κ2) is 5.80. The maximum Gasteiger partial charge on any atom is 0.0927 e. The van der Waals surface area contributed by atoms with E-state index < -0.39 is 0 Å². The van der Waals surface area contributed by atoms with Crippen LogP contribution in [0.4, 0.5) is 0 Å². The van der Waals surface area contributed by atoms with E-state index in [9.17, 15) is 5.11 Å². The van der Waals surface area contributed by atoms with Crippen molar-refractivity contribution < 1.29 is 5.11 Å². The quantitative estimate of drug-likeness (QED) is 0.907. The molecular formula is C12H18OS3. The largest absolute Gasteiger partial charge is 0.387 e. The number of thiophene rings is 1. The van der Waals surface area contributed by atoms with Crippen LogP contribution in [-0.2, 0) is 0 Å². The highest BCUT2D eigenvalue weighted by Gasteiger charge is 2.32. The molecule has 2 heterocycles. The Morgan fingerprint density at radius 2 is 2.19 bits per heavy atom. The van der Waals surface area contributed by atoms with Gasteiger partial charge in [-0.2, -0.15) is 23.5 Å². The van der Waals surface area contributed by atoms with Gasteiger partial charge in [-0.25, -0.2) is 0 Å². The molecule has 0 aliphatic carbocycles. The molecule has 16 heavy (non-hydrogen) atoms. The fourth-order valence-corrected chi connectivity index (χ4v) is 5.91. The molecule has 1 nitrogen and oxygen atoms in total. The third-order valence-corrected chi connectivity index (χ3v) is 7.11. The smallest absolute Gasteiger partial charge is 0.0927 e. The lowest BCUT2D eigenvalue weighted by Crippen LogP contribution is -2.30. The Morgan fingerprint density at radius 1 is 1.44 bits per heavy atom. The molecule has 0 bridgehead atoms. The summed E-state index contributed by atoms with van der Waals surface area (Å²) >= 11 is 5.70. The first-order valence-corrected chi connectivity index (χ1v) is 8.66. The lowest BCUT2D eigenvalue weighted by molar-refractivity contribution is 0.173. The fraction of sp³-hybridized carbons (Fsp3) is 0.667. The minimum absolute atomic E-state index is 0.285. The average molecular weight is 274 g/mol. The van der Waals surface area contributed by atoms with Gasteiger partial charge in [0.05, 0.1) is 6.10 Å². The average Bonchev–Trinajstić information content (AvgIpc) is 2.75. The van der Waals surface area contributed by atoms with Gasteiger partial charge in [-0.15, -0.1) is 11.3 Å². The lowest BCUT2D eigenvalue weighted by atomic mass is 10.1. The van der Waals surface area contributed by atoms with E-state index >= 15 is 0 Å². The summed E-state index contributed by atoms with van der Waals surface area (Å²) in [5.74, 6) is 2.40. The van der Waals surface area contributed by atoms with Crippen LogP contribution in [0, 0.1) is 6.92 Å². The molecule has 3 atom stereocenters. The summed E-state index contributed by atoms with van der Waals surface area (Å²) in [6.07, 6.45) is 0.871. The molecule has 0 aromatic carbocycles. The zero-order chi connectivity index (χ0) is 11.5. The molecule has 0 saturated carbocycles. The third kappa shape index (κ3) is 2.78. The van der Waals surface area contributed by atoms with Crippen molar-refractivity contribution in [1.82, 2.24) is 0 Å². The molecule has 1 aromatic rings. The summed E-state index contributed by atoms with van der Waals surface area (Å²) < 4.78 is 0. The first-order valence-electron chi connectivity index (χ1n) is 5.68. The molecule has 1 saturated heterocycles. The summed E-state index contributed by atoms with van der Waals surface area (Å²) in [7, 11) is 0. The molecule has 0 amide bonds. The minimum Gasteiger partial charge on any atom is -0.387 e. The molecule has 1 fully saturated rings. The van der Waals surface area contributed by atoms with E-state index in [0.29, 0.717) is 10.5 Å². The van der Waals surface area contributed by atoms with Crippen molar-refractivity contribution in [1.29, 1.82) is 0 Å². The highest BCUT2D eigenvalue weighted by molar-refractivity contribution is 8.07. The Hall–Kier alpha value is 0.360. The molecule has 0 radical (unpaired) electrons. The molecule has 1 aliphatic heterocycles. The monoisotopic (exact) mass is 274 g/mol. The Labute approximate surface area is 110 Å². The van der Waals surface area contributed by atoms with Gasteiger partial charge in [-0.05, 0) is 30.4 Å². The predicted molar refractivity (Wildman–Crippen MR) is 76.8 cm³/mol. The molecule has 0 spiro atoms. The van der Waals surface area contributed by atoms with E-state index in [2.05, 4.69) is 25.3 Å². The first-order chi connectivity index (χ1) is 7.72. The van der Waals surface area contributed by atoms with Crippen LogP contribution in [0.5, 0.6) is 0 Å². The van der Waals surface area contributed by atoms with Gasteiger partial charge < -0.3 is 5.11 Å². The third-order valence-electron chi connectivity index (χ3n) is 2.90. The summed E-state index contributed by atoms with van der Waals surface area (Å²) in [5.41, 5.74) is 1.11. The molecule has 2 rings (SSSR count). The number of aliphatic hydroxyl groups excluding tert-OH is 1. The molecule has 3 unspecified atom stereocenters. The highest BCUT2D eigenvalue weighted by atomic mass is 32.2. The van der Waals surface area contributed by atoms with Crippen LogP contribution < -0.4 is 0 Å². The maximum absolute atomic E-state index is 10.4. The van der Waals surface area contributed by atoms with Gasteiger partial charge in [0.2, 0.25) is 0 Å². The van der Waals surface area contributed by atoms with Crippen molar-refractivity contribution in [2.75, 3.05) is 11.5 Å². The van der Waals surface area contributed by atoms with E-state index in [4.69, 9.17) is 0 Å². The zero-order valence-corrected chi connectivity index (χ0v) is 12.1. The van der Waals surface area contributed by atoms with E-state index in [1.807, 2.05) is 23.5 Å². The van der Waals surface area contributed by atoms with Crippen molar-refractivity contribution in [2.24, 2.45) is 0 Å². The molecular weight excluding hydrogens is 256 g/mol. The number of hydrogen-bond donors (Lipinski definition) is 1. The van der Waals surface area contributed by atoms with Crippen LogP contribution in [0.25, 0.3) is 0 Å². The van der Waals surface area contributed by atoms with E-state index in [0.717, 1.165) is 12.0 Å². The van der Waals surface area contributed by atoms with E-state index in [1.165, 1.54) is 16.4 Å². The second-order valence-corrected chi connectivity index (χ2v) is 7.84.